The fourth-order valence-corrected chi connectivity index (χ4v) is 2.36. The molecular formula is C14H17N3O3. The number of morpholine rings is 1. The Kier molecular flexibility index (Phi) is 3.42. The van der Waals surface area contributed by atoms with E-state index in [1.54, 1.807) is 13.0 Å². The molecule has 0 saturated carbocycles. The first-order valence-corrected chi connectivity index (χ1v) is 6.66. The minimum atomic E-state index is -0.337. The fourth-order valence-electron chi connectivity index (χ4n) is 2.36. The largest absolute Gasteiger partial charge is 0.441 e. The van der Waals surface area contributed by atoms with E-state index in [1.165, 1.54) is 0 Å². The smallest absolute Gasteiger partial charge is 0.244 e. The third-order valence-electron chi connectivity index (χ3n) is 3.36. The normalized spacial score (nSPS) is 22.9. The van der Waals surface area contributed by atoms with Crippen LogP contribution in [0.1, 0.15) is 12.8 Å². The molecule has 0 bridgehead atoms. The van der Waals surface area contributed by atoms with Crippen LogP contribution in [0.2, 0.25) is 0 Å². The molecule has 6 nitrogen and oxygen atoms in total. The molecule has 2 atom stereocenters. The lowest BCUT2D eigenvalue weighted by Gasteiger charge is -2.29. The van der Waals surface area contributed by atoms with E-state index in [1.807, 2.05) is 19.1 Å². The van der Waals surface area contributed by atoms with Gasteiger partial charge >= 0.3 is 0 Å². The lowest BCUT2D eigenvalue weighted by Crippen LogP contribution is -2.53. The summed E-state index contributed by atoms with van der Waals surface area (Å²) in [6.07, 6.45) is -0.139. The number of rotatable bonds is 2. The van der Waals surface area contributed by atoms with Crippen LogP contribution in [0.25, 0.3) is 11.1 Å². The van der Waals surface area contributed by atoms with Gasteiger partial charge in [0.2, 0.25) is 5.91 Å². The minimum absolute atomic E-state index is 0.104. The molecule has 106 valence electrons. The van der Waals surface area contributed by atoms with Gasteiger partial charge in [0, 0.05) is 25.2 Å². The zero-order valence-electron chi connectivity index (χ0n) is 11.5. The van der Waals surface area contributed by atoms with E-state index in [4.69, 9.17) is 9.15 Å². The van der Waals surface area contributed by atoms with Crippen LogP contribution in [0.5, 0.6) is 0 Å². The first-order chi connectivity index (χ1) is 9.63. The predicted molar refractivity (Wildman–Crippen MR) is 74.6 cm³/mol. The molecule has 0 spiro atoms. The van der Waals surface area contributed by atoms with Crippen LogP contribution in [0.15, 0.2) is 22.6 Å². The maximum Gasteiger partial charge on any atom is 0.244 e. The van der Waals surface area contributed by atoms with Crippen molar-refractivity contribution in [3.8, 4) is 0 Å². The van der Waals surface area contributed by atoms with Gasteiger partial charge in [-0.25, -0.2) is 4.98 Å². The molecule has 1 aromatic heterocycles. The molecule has 0 unspecified atom stereocenters. The van der Waals surface area contributed by atoms with Crippen molar-refractivity contribution < 1.29 is 13.9 Å². The van der Waals surface area contributed by atoms with Crippen LogP contribution in [-0.2, 0) is 9.53 Å². The number of oxazole rings is 1. The number of carbonyl (C=O) groups excluding carboxylic acids is 1. The predicted octanol–water partition coefficient (Wildman–Crippen LogP) is 1.45. The number of carbonyl (C=O) groups is 1. The van der Waals surface area contributed by atoms with Crippen LogP contribution in [-0.4, -0.2) is 36.2 Å². The molecule has 20 heavy (non-hydrogen) atoms. The molecule has 2 heterocycles. The van der Waals surface area contributed by atoms with Crippen molar-refractivity contribution in [1.82, 2.24) is 10.3 Å². The SMILES string of the molecule is Cc1nc2ccc(NC(=O)[C@H]3NCCO[C@@H]3C)cc2o1. The molecule has 1 amide bonds. The van der Waals surface area contributed by atoms with Crippen molar-refractivity contribution in [3.63, 3.8) is 0 Å². The second kappa shape index (κ2) is 5.22. The summed E-state index contributed by atoms with van der Waals surface area (Å²) in [4.78, 5) is 16.4. The van der Waals surface area contributed by atoms with Gasteiger partial charge in [-0.2, -0.15) is 0 Å². The fraction of sp³-hybridized carbons (Fsp3) is 0.429. The summed E-state index contributed by atoms with van der Waals surface area (Å²) in [6, 6.07) is 5.09. The summed E-state index contributed by atoms with van der Waals surface area (Å²) in [5.74, 6) is 0.507. The number of nitrogens with one attached hydrogen (secondary N) is 2. The molecule has 1 saturated heterocycles. The Morgan fingerprint density at radius 1 is 1.50 bits per heavy atom. The summed E-state index contributed by atoms with van der Waals surface area (Å²) in [6.45, 7) is 5.00. The molecular weight excluding hydrogens is 258 g/mol. The van der Waals surface area contributed by atoms with Gasteiger partial charge in [0.15, 0.2) is 11.5 Å². The van der Waals surface area contributed by atoms with Crippen molar-refractivity contribution in [2.45, 2.75) is 26.0 Å². The Morgan fingerprint density at radius 2 is 2.35 bits per heavy atom. The minimum Gasteiger partial charge on any atom is -0.441 e. The van der Waals surface area contributed by atoms with E-state index in [2.05, 4.69) is 15.6 Å². The number of ether oxygens (including phenoxy) is 1. The lowest BCUT2D eigenvalue weighted by atomic mass is 10.1. The van der Waals surface area contributed by atoms with Gasteiger partial charge in [0.1, 0.15) is 11.6 Å². The third-order valence-corrected chi connectivity index (χ3v) is 3.36. The standard InChI is InChI=1S/C14H17N3O3/c1-8-13(15-5-6-19-8)14(18)17-10-3-4-11-12(7-10)20-9(2)16-11/h3-4,7-8,13,15H,5-6H2,1-2H3,(H,17,18)/t8-,13+/m1/s1. The molecule has 0 radical (unpaired) electrons. The highest BCUT2D eigenvalue weighted by Crippen LogP contribution is 2.20. The molecule has 2 aromatic rings. The molecule has 0 aliphatic carbocycles. The van der Waals surface area contributed by atoms with Crippen LogP contribution in [0.4, 0.5) is 5.69 Å². The Hall–Kier alpha value is -1.92. The molecule has 3 rings (SSSR count). The number of aryl methyl sites for hydroxylation is 1. The molecule has 1 fully saturated rings. The van der Waals surface area contributed by atoms with E-state index >= 15 is 0 Å². The first-order valence-electron chi connectivity index (χ1n) is 6.66. The van der Waals surface area contributed by atoms with E-state index < -0.39 is 0 Å². The van der Waals surface area contributed by atoms with E-state index in [0.717, 1.165) is 5.52 Å². The number of nitrogens with zero attached hydrogens (tertiary/aromatic N) is 1. The Balaban J connectivity index is 1.76. The van der Waals surface area contributed by atoms with E-state index in [-0.39, 0.29) is 18.1 Å². The summed E-state index contributed by atoms with van der Waals surface area (Å²) in [7, 11) is 0. The second-order valence-electron chi connectivity index (χ2n) is 4.91. The number of aromatic nitrogens is 1. The zero-order valence-corrected chi connectivity index (χ0v) is 11.5. The summed E-state index contributed by atoms with van der Waals surface area (Å²) in [5, 5.41) is 6.03. The third kappa shape index (κ3) is 2.52. The quantitative estimate of drug-likeness (QED) is 0.867. The highest BCUT2D eigenvalue weighted by atomic mass is 16.5. The van der Waals surface area contributed by atoms with Gasteiger partial charge < -0.3 is 19.8 Å². The number of fused-ring (bicyclic) bond motifs is 1. The number of benzene rings is 1. The summed E-state index contributed by atoms with van der Waals surface area (Å²) in [5.41, 5.74) is 2.15. The second-order valence-corrected chi connectivity index (χ2v) is 4.91. The van der Waals surface area contributed by atoms with Gasteiger partial charge in [-0.1, -0.05) is 0 Å². The summed E-state index contributed by atoms with van der Waals surface area (Å²) >= 11 is 0. The van der Waals surface area contributed by atoms with Crippen LogP contribution in [0.3, 0.4) is 0 Å². The van der Waals surface area contributed by atoms with Crippen molar-refractivity contribution in [2.75, 3.05) is 18.5 Å². The number of anilines is 1. The molecule has 6 heteroatoms. The van der Waals surface area contributed by atoms with Crippen molar-refractivity contribution in [2.24, 2.45) is 0 Å². The van der Waals surface area contributed by atoms with Gasteiger partial charge in [0.25, 0.3) is 0 Å². The highest BCUT2D eigenvalue weighted by molar-refractivity contribution is 5.96. The Morgan fingerprint density at radius 3 is 3.15 bits per heavy atom. The lowest BCUT2D eigenvalue weighted by molar-refractivity contribution is -0.123. The summed E-state index contributed by atoms with van der Waals surface area (Å²) < 4.78 is 10.9. The number of hydrogen-bond donors (Lipinski definition) is 2. The Bertz CT molecular complexity index is 638. The van der Waals surface area contributed by atoms with Crippen molar-refractivity contribution >= 4 is 22.7 Å². The van der Waals surface area contributed by atoms with Gasteiger partial charge in [-0.15, -0.1) is 0 Å². The molecule has 1 aromatic carbocycles. The average Bonchev–Trinajstić information content (AvgIpc) is 2.78. The molecule has 2 N–H and O–H groups in total. The van der Waals surface area contributed by atoms with E-state index in [9.17, 15) is 4.79 Å². The topological polar surface area (TPSA) is 76.4 Å². The number of amides is 1. The zero-order chi connectivity index (χ0) is 14.1. The van der Waals surface area contributed by atoms with Gasteiger partial charge in [-0.3, -0.25) is 4.79 Å². The van der Waals surface area contributed by atoms with Crippen LogP contribution < -0.4 is 10.6 Å². The van der Waals surface area contributed by atoms with Crippen LogP contribution >= 0.6 is 0 Å². The maximum absolute atomic E-state index is 12.2. The van der Waals surface area contributed by atoms with Crippen molar-refractivity contribution in [1.29, 1.82) is 0 Å². The first kappa shape index (κ1) is 13.1. The van der Waals surface area contributed by atoms with Crippen LogP contribution in [0, 0.1) is 6.92 Å². The Labute approximate surface area is 116 Å². The monoisotopic (exact) mass is 275 g/mol. The van der Waals surface area contributed by atoms with E-state index in [0.29, 0.717) is 30.3 Å². The van der Waals surface area contributed by atoms with Crippen molar-refractivity contribution in [3.05, 3.63) is 24.1 Å². The average molecular weight is 275 g/mol. The van der Waals surface area contributed by atoms with Gasteiger partial charge in [-0.05, 0) is 19.1 Å². The van der Waals surface area contributed by atoms with Gasteiger partial charge in [0.05, 0.1) is 12.7 Å². The maximum atomic E-state index is 12.2. The molecule has 1 aliphatic rings. The highest BCUT2D eigenvalue weighted by Gasteiger charge is 2.28. The number of hydrogen-bond acceptors (Lipinski definition) is 5. The molecule has 1 aliphatic heterocycles.